The third-order valence-electron chi connectivity index (χ3n) is 3.91. The fourth-order valence-corrected chi connectivity index (χ4v) is 3.35. The Hall–Kier alpha value is -2.09. The Bertz CT molecular complexity index is 756. The number of nitrogens with zero attached hydrogens (tertiary/aromatic N) is 4. The van der Waals surface area contributed by atoms with Crippen molar-refractivity contribution < 1.29 is 4.74 Å². The van der Waals surface area contributed by atoms with Gasteiger partial charge in [-0.15, -0.1) is 11.3 Å². The molecule has 0 spiro atoms. The third kappa shape index (κ3) is 3.31. The summed E-state index contributed by atoms with van der Waals surface area (Å²) in [6.45, 7) is 3.79. The molecule has 0 saturated heterocycles. The number of hydrogen-bond acceptors (Lipinski definition) is 6. The molecule has 4 heterocycles. The third-order valence-corrected chi connectivity index (χ3v) is 4.66. The summed E-state index contributed by atoms with van der Waals surface area (Å²) < 4.78 is 5.74. The number of thiazole rings is 1. The standard InChI is InChI=1S/C16H17N5OS/c1-3-17-4-2-12(1)7-21-8-13-14(9-21)19-20-15(13)10-22-11-16-18-5-6-23-16/h1-6H,7-11H2,(H,19,20). The van der Waals surface area contributed by atoms with Gasteiger partial charge in [0.25, 0.3) is 0 Å². The minimum Gasteiger partial charge on any atom is -0.368 e. The zero-order valence-corrected chi connectivity index (χ0v) is 13.4. The van der Waals surface area contributed by atoms with Crippen LogP contribution >= 0.6 is 11.3 Å². The van der Waals surface area contributed by atoms with E-state index in [0.29, 0.717) is 13.2 Å². The van der Waals surface area contributed by atoms with Gasteiger partial charge in [0.05, 0.1) is 24.6 Å². The molecular weight excluding hydrogens is 310 g/mol. The first-order valence-electron chi connectivity index (χ1n) is 7.51. The van der Waals surface area contributed by atoms with Crippen LogP contribution in [0, 0.1) is 0 Å². The Labute approximate surface area is 138 Å². The number of fused-ring (bicyclic) bond motifs is 1. The van der Waals surface area contributed by atoms with Gasteiger partial charge < -0.3 is 4.74 Å². The summed E-state index contributed by atoms with van der Waals surface area (Å²) in [6, 6.07) is 4.12. The van der Waals surface area contributed by atoms with Gasteiger partial charge in [-0.3, -0.25) is 15.0 Å². The van der Waals surface area contributed by atoms with Crippen LogP contribution < -0.4 is 0 Å². The number of pyridine rings is 1. The number of ether oxygens (including phenoxy) is 1. The quantitative estimate of drug-likeness (QED) is 0.753. The molecular formula is C16H17N5OS. The Morgan fingerprint density at radius 3 is 2.91 bits per heavy atom. The molecule has 7 heteroatoms. The maximum atomic E-state index is 5.74. The van der Waals surface area contributed by atoms with E-state index in [4.69, 9.17) is 4.74 Å². The second-order valence-electron chi connectivity index (χ2n) is 5.55. The predicted octanol–water partition coefficient (Wildman–Crippen LogP) is 2.49. The van der Waals surface area contributed by atoms with Crippen molar-refractivity contribution in [3.8, 4) is 0 Å². The smallest absolute Gasteiger partial charge is 0.118 e. The Morgan fingerprint density at radius 2 is 2.09 bits per heavy atom. The second-order valence-corrected chi connectivity index (χ2v) is 6.53. The first-order valence-corrected chi connectivity index (χ1v) is 8.39. The summed E-state index contributed by atoms with van der Waals surface area (Å²) in [7, 11) is 0. The first kappa shape index (κ1) is 14.5. The van der Waals surface area contributed by atoms with E-state index in [0.717, 1.165) is 30.3 Å². The highest BCUT2D eigenvalue weighted by molar-refractivity contribution is 7.09. The fourth-order valence-electron chi connectivity index (χ4n) is 2.80. The van der Waals surface area contributed by atoms with Crippen LogP contribution in [0.15, 0.2) is 36.1 Å². The molecule has 0 radical (unpaired) electrons. The maximum absolute atomic E-state index is 5.74. The minimum atomic E-state index is 0.522. The zero-order valence-electron chi connectivity index (χ0n) is 12.6. The number of hydrogen-bond donors (Lipinski definition) is 1. The average molecular weight is 327 g/mol. The summed E-state index contributed by atoms with van der Waals surface area (Å²) in [5, 5.41) is 10.5. The maximum Gasteiger partial charge on any atom is 0.118 e. The van der Waals surface area contributed by atoms with Gasteiger partial charge in [0.1, 0.15) is 5.01 Å². The van der Waals surface area contributed by atoms with E-state index in [-0.39, 0.29) is 0 Å². The van der Waals surface area contributed by atoms with Gasteiger partial charge in [-0.25, -0.2) is 4.98 Å². The van der Waals surface area contributed by atoms with Gasteiger partial charge in [0.15, 0.2) is 0 Å². The van der Waals surface area contributed by atoms with Crippen LogP contribution in [0.4, 0.5) is 0 Å². The number of aromatic nitrogens is 4. The predicted molar refractivity (Wildman–Crippen MR) is 86.4 cm³/mol. The lowest BCUT2D eigenvalue weighted by molar-refractivity contribution is 0.103. The number of aromatic amines is 1. The lowest BCUT2D eigenvalue weighted by atomic mass is 10.2. The SMILES string of the molecule is c1cc(CN2Cc3[nH]nc(COCc4nccs4)c3C2)ccn1. The number of nitrogens with one attached hydrogen (secondary N) is 1. The highest BCUT2D eigenvalue weighted by Crippen LogP contribution is 2.25. The topological polar surface area (TPSA) is 66.9 Å². The van der Waals surface area contributed by atoms with Crippen molar-refractivity contribution in [3.05, 3.63) is 63.6 Å². The van der Waals surface area contributed by atoms with Crippen molar-refractivity contribution >= 4 is 11.3 Å². The highest BCUT2D eigenvalue weighted by Gasteiger charge is 2.24. The molecule has 4 rings (SSSR count). The van der Waals surface area contributed by atoms with Crippen LogP contribution in [-0.4, -0.2) is 25.1 Å². The van der Waals surface area contributed by atoms with Crippen molar-refractivity contribution in [1.29, 1.82) is 0 Å². The average Bonchev–Trinajstić information content (AvgIpc) is 3.27. The molecule has 6 nitrogen and oxygen atoms in total. The molecule has 23 heavy (non-hydrogen) atoms. The van der Waals surface area contributed by atoms with E-state index in [1.54, 1.807) is 17.5 Å². The Morgan fingerprint density at radius 1 is 1.17 bits per heavy atom. The van der Waals surface area contributed by atoms with Gasteiger partial charge >= 0.3 is 0 Å². The normalized spacial score (nSPS) is 14.3. The Balaban J connectivity index is 1.35. The molecule has 3 aromatic heterocycles. The van der Waals surface area contributed by atoms with Gasteiger partial charge in [0.2, 0.25) is 0 Å². The molecule has 0 amide bonds. The van der Waals surface area contributed by atoms with E-state index in [9.17, 15) is 0 Å². The van der Waals surface area contributed by atoms with Crippen LogP contribution in [0.1, 0.15) is 27.5 Å². The summed E-state index contributed by atoms with van der Waals surface area (Å²) in [4.78, 5) is 10.7. The monoisotopic (exact) mass is 327 g/mol. The molecule has 0 atom stereocenters. The minimum absolute atomic E-state index is 0.522. The molecule has 3 aromatic rings. The van der Waals surface area contributed by atoms with E-state index >= 15 is 0 Å². The van der Waals surface area contributed by atoms with Crippen molar-refractivity contribution in [2.24, 2.45) is 0 Å². The van der Waals surface area contributed by atoms with Crippen molar-refractivity contribution in [1.82, 2.24) is 25.1 Å². The second kappa shape index (κ2) is 6.57. The van der Waals surface area contributed by atoms with Crippen LogP contribution in [0.5, 0.6) is 0 Å². The Kier molecular flexibility index (Phi) is 4.14. The van der Waals surface area contributed by atoms with Gasteiger partial charge in [-0.2, -0.15) is 5.10 Å². The van der Waals surface area contributed by atoms with Crippen LogP contribution in [0.2, 0.25) is 0 Å². The van der Waals surface area contributed by atoms with Gasteiger partial charge in [-0.1, -0.05) is 0 Å². The molecule has 0 aliphatic carbocycles. The molecule has 1 aliphatic rings. The summed E-state index contributed by atoms with van der Waals surface area (Å²) >= 11 is 1.61. The molecule has 1 N–H and O–H groups in total. The molecule has 1 aliphatic heterocycles. The summed E-state index contributed by atoms with van der Waals surface area (Å²) in [6.07, 6.45) is 5.47. The molecule has 0 fully saturated rings. The van der Waals surface area contributed by atoms with Gasteiger partial charge in [-0.05, 0) is 17.7 Å². The first-order chi connectivity index (χ1) is 11.4. The lowest BCUT2D eigenvalue weighted by Gasteiger charge is -2.14. The van der Waals surface area contributed by atoms with Gasteiger partial charge in [0, 0.05) is 49.2 Å². The number of rotatable bonds is 6. The number of H-pyrrole nitrogens is 1. The largest absolute Gasteiger partial charge is 0.368 e. The van der Waals surface area contributed by atoms with E-state index in [2.05, 4.69) is 37.2 Å². The lowest BCUT2D eigenvalue weighted by Crippen LogP contribution is -2.16. The van der Waals surface area contributed by atoms with Crippen molar-refractivity contribution in [2.75, 3.05) is 0 Å². The zero-order chi connectivity index (χ0) is 15.5. The fraction of sp³-hybridized carbons (Fsp3) is 0.312. The van der Waals surface area contributed by atoms with Crippen LogP contribution in [-0.2, 0) is 37.6 Å². The van der Waals surface area contributed by atoms with E-state index in [1.807, 2.05) is 17.8 Å². The van der Waals surface area contributed by atoms with E-state index in [1.165, 1.54) is 16.8 Å². The van der Waals surface area contributed by atoms with Crippen molar-refractivity contribution in [3.63, 3.8) is 0 Å². The van der Waals surface area contributed by atoms with Crippen molar-refractivity contribution in [2.45, 2.75) is 32.8 Å². The molecule has 0 saturated carbocycles. The summed E-state index contributed by atoms with van der Waals surface area (Å²) in [5.74, 6) is 0. The molecule has 0 aromatic carbocycles. The van der Waals surface area contributed by atoms with Crippen LogP contribution in [0.3, 0.4) is 0 Å². The highest BCUT2D eigenvalue weighted by atomic mass is 32.1. The summed E-state index contributed by atoms with van der Waals surface area (Å²) in [5.41, 5.74) is 4.76. The van der Waals surface area contributed by atoms with E-state index < -0.39 is 0 Å². The molecule has 0 unspecified atom stereocenters. The molecule has 0 bridgehead atoms. The molecule has 118 valence electrons. The van der Waals surface area contributed by atoms with Crippen LogP contribution in [0.25, 0.3) is 0 Å².